The number of nitrogens with two attached hydrogens (primary N) is 1. The maximum absolute atomic E-state index is 5.89. The summed E-state index contributed by atoms with van der Waals surface area (Å²) in [7, 11) is 0. The van der Waals surface area contributed by atoms with Crippen LogP contribution in [0.25, 0.3) is 0 Å². The van der Waals surface area contributed by atoms with Crippen LogP contribution in [0.1, 0.15) is 28.9 Å². The molecule has 0 aromatic carbocycles. The number of pyridine rings is 2. The van der Waals surface area contributed by atoms with Gasteiger partial charge in [0, 0.05) is 11.9 Å². The van der Waals surface area contributed by atoms with Gasteiger partial charge < -0.3 is 10.5 Å². The lowest BCUT2D eigenvalue weighted by Crippen LogP contribution is -2.13. The Morgan fingerprint density at radius 1 is 1.40 bits per heavy atom. The van der Waals surface area contributed by atoms with E-state index in [-0.39, 0.29) is 0 Å². The zero-order valence-corrected chi connectivity index (χ0v) is 12.0. The summed E-state index contributed by atoms with van der Waals surface area (Å²) in [5.74, 6) is 1.16. The van der Waals surface area contributed by atoms with Crippen molar-refractivity contribution in [2.75, 3.05) is 0 Å². The molecule has 0 amide bonds. The average molecular weight is 285 g/mol. The second kappa shape index (κ2) is 5.17. The van der Waals surface area contributed by atoms with Crippen molar-refractivity contribution < 1.29 is 4.74 Å². The topological polar surface area (TPSA) is 61.0 Å². The highest BCUT2D eigenvalue weighted by Crippen LogP contribution is 2.30. The van der Waals surface area contributed by atoms with E-state index >= 15 is 0 Å². The van der Waals surface area contributed by atoms with Gasteiger partial charge in [0.2, 0.25) is 5.88 Å². The summed E-state index contributed by atoms with van der Waals surface area (Å²) in [4.78, 5) is 9.11. The first-order valence-corrected chi connectivity index (χ1v) is 6.98. The van der Waals surface area contributed by atoms with Crippen molar-refractivity contribution in [1.29, 1.82) is 0 Å². The Balaban J connectivity index is 2.04. The average Bonchev–Trinajstić information content (AvgIpc) is 2.87. The lowest BCUT2D eigenvalue weighted by atomic mass is 10.1. The molecule has 0 unspecified atom stereocenters. The summed E-state index contributed by atoms with van der Waals surface area (Å²) in [6, 6.07) is 5.70. The Morgan fingerprint density at radius 2 is 2.25 bits per heavy atom. The third kappa shape index (κ3) is 2.36. The first kappa shape index (κ1) is 13.0. The zero-order valence-electron chi connectivity index (χ0n) is 11.2. The third-order valence-electron chi connectivity index (χ3n) is 3.45. The highest BCUT2D eigenvalue weighted by molar-refractivity contribution is 7.80. The zero-order chi connectivity index (χ0) is 14.1. The Morgan fingerprint density at radius 3 is 3.00 bits per heavy atom. The molecule has 0 atom stereocenters. The van der Waals surface area contributed by atoms with Gasteiger partial charge in [0.25, 0.3) is 0 Å². The molecule has 1 aliphatic carbocycles. The predicted octanol–water partition coefficient (Wildman–Crippen LogP) is 2.70. The van der Waals surface area contributed by atoms with Gasteiger partial charge in [-0.05, 0) is 49.9 Å². The number of thiocarbonyl (C=S) groups is 1. The minimum atomic E-state index is 0.309. The van der Waals surface area contributed by atoms with E-state index in [0.717, 1.165) is 30.7 Å². The molecule has 1 aliphatic rings. The molecule has 0 saturated carbocycles. The second-order valence-electron chi connectivity index (χ2n) is 4.85. The second-order valence-corrected chi connectivity index (χ2v) is 5.29. The molecule has 2 N–H and O–H groups in total. The van der Waals surface area contributed by atoms with Crippen LogP contribution in [0.15, 0.2) is 24.4 Å². The van der Waals surface area contributed by atoms with E-state index in [4.69, 9.17) is 22.7 Å². The summed E-state index contributed by atoms with van der Waals surface area (Å²) >= 11 is 5.11. The molecule has 0 aliphatic heterocycles. The van der Waals surface area contributed by atoms with Crippen molar-refractivity contribution >= 4 is 17.2 Å². The molecule has 4 nitrogen and oxygen atoms in total. The van der Waals surface area contributed by atoms with Gasteiger partial charge in [-0.15, -0.1) is 0 Å². The van der Waals surface area contributed by atoms with Crippen LogP contribution < -0.4 is 10.5 Å². The molecule has 0 fully saturated rings. The molecular formula is C15H15N3OS. The van der Waals surface area contributed by atoms with Gasteiger partial charge in [-0.25, -0.2) is 4.98 Å². The van der Waals surface area contributed by atoms with Crippen molar-refractivity contribution in [3.05, 3.63) is 46.9 Å². The van der Waals surface area contributed by atoms with Gasteiger partial charge in [-0.1, -0.05) is 12.2 Å². The van der Waals surface area contributed by atoms with E-state index < -0.39 is 0 Å². The van der Waals surface area contributed by atoms with Crippen LogP contribution in [0.2, 0.25) is 0 Å². The summed E-state index contributed by atoms with van der Waals surface area (Å²) in [5.41, 5.74) is 9.61. The van der Waals surface area contributed by atoms with Crippen LogP contribution in [0.5, 0.6) is 11.6 Å². The third-order valence-corrected chi connectivity index (χ3v) is 3.67. The van der Waals surface area contributed by atoms with Crippen molar-refractivity contribution in [1.82, 2.24) is 9.97 Å². The lowest BCUT2D eigenvalue weighted by molar-refractivity contribution is 0.454. The summed E-state index contributed by atoms with van der Waals surface area (Å²) < 4.78 is 5.89. The minimum Gasteiger partial charge on any atom is -0.436 e. The number of hydrogen-bond acceptors (Lipinski definition) is 4. The minimum absolute atomic E-state index is 0.309. The Kier molecular flexibility index (Phi) is 3.36. The molecule has 2 heterocycles. The van der Waals surface area contributed by atoms with Gasteiger partial charge in [0.1, 0.15) is 4.99 Å². The molecule has 0 saturated heterocycles. The van der Waals surface area contributed by atoms with Gasteiger partial charge in [0.15, 0.2) is 5.75 Å². The molecule has 2 aromatic rings. The van der Waals surface area contributed by atoms with Crippen LogP contribution in [0.3, 0.4) is 0 Å². The van der Waals surface area contributed by atoms with Crippen LogP contribution in [-0.2, 0) is 12.8 Å². The number of aromatic nitrogens is 2. The largest absolute Gasteiger partial charge is 0.436 e. The van der Waals surface area contributed by atoms with Crippen molar-refractivity contribution in [2.24, 2.45) is 5.73 Å². The lowest BCUT2D eigenvalue weighted by Gasteiger charge is -2.12. The molecule has 0 bridgehead atoms. The van der Waals surface area contributed by atoms with Crippen molar-refractivity contribution in [2.45, 2.75) is 26.2 Å². The van der Waals surface area contributed by atoms with E-state index in [1.807, 2.05) is 25.1 Å². The maximum Gasteiger partial charge on any atom is 0.229 e. The molecule has 0 radical (unpaired) electrons. The maximum atomic E-state index is 5.89. The summed E-state index contributed by atoms with van der Waals surface area (Å²) in [6.45, 7) is 1.89. The molecule has 2 aromatic heterocycles. The Bertz CT molecular complexity index is 685. The van der Waals surface area contributed by atoms with E-state index in [0.29, 0.717) is 22.2 Å². The molecule has 5 heteroatoms. The number of aryl methyl sites for hydroxylation is 3. The molecule has 3 rings (SSSR count). The molecule has 102 valence electrons. The van der Waals surface area contributed by atoms with E-state index in [1.165, 1.54) is 5.56 Å². The standard InChI is InChI=1S/C15H15N3OS/c1-9-13(6-3-7-17-9)19-15-11(14(16)20)8-10-4-2-5-12(10)18-15/h3,6-8H,2,4-5H2,1H3,(H2,16,20). The van der Waals surface area contributed by atoms with Gasteiger partial charge in [-0.2, -0.15) is 0 Å². The van der Waals surface area contributed by atoms with Gasteiger partial charge >= 0.3 is 0 Å². The fourth-order valence-electron chi connectivity index (χ4n) is 2.39. The van der Waals surface area contributed by atoms with E-state index in [1.54, 1.807) is 6.20 Å². The predicted molar refractivity (Wildman–Crippen MR) is 81.2 cm³/mol. The van der Waals surface area contributed by atoms with E-state index in [9.17, 15) is 0 Å². The smallest absolute Gasteiger partial charge is 0.229 e. The Labute approximate surface area is 123 Å². The highest BCUT2D eigenvalue weighted by atomic mass is 32.1. The van der Waals surface area contributed by atoms with Gasteiger partial charge in [-0.3, -0.25) is 4.98 Å². The fraction of sp³-hybridized carbons (Fsp3) is 0.267. The monoisotopic (exact) mass is 285 g/mol. The Hall–Kier alpha value is -2.01. The van der Waals surface area contributed by atoms with Crippen molar-refractivity contribution in [3.63, 3.8) is 0 Å². The number of hydrogen-bond donors (Lipinski definition) is 1. The van der Waals surface area contributed by atoms with Crippen LogP contribution in [0.4, 0.5) is 0 Å². The summed E-state index contributed by atoms with van der Waals surface area (Å²) in [6.07, 6.45) is 4.86. The highest BCUT2D eigenvalue weighted by Gasteiger charge is 2.19. The number of rotatable bonds is 3. The molecule has 20 heavy (non-hydrogen) atoms. The van der Waals surface area contributed by atoms with E-state index in [2.05, 4.69) is 9.97 Å². The number of ether oxygens (including phenoxy) is 1. The first-order valence-electron chi connectivity index (χ1n) is 6.57. The molecular weight excluding hydrogens is 270 g/mol. The van der Waals surface area contributed by atoms with Gasteiger partial charge in [0.05, 0.1) is 11.3 Å². The SMILES string of the molecule is Cc1ncccc1Oc1nc2c(cc1C(N)=S)CCC2. The fourth-order valence-corrected chi connectivity index (χ4v) is 2.54. The van der Waals surface area contributed by atoms with Crippen molar-refractivity contribution in [3.8, 4) is 11.6 Å². The quantitative estimate of drug-likeness (QED) is 0.879. The van der Waals surface area contributed by atoms with Crippen LogP contribution >= 0.6 is 12.2 Å². The molecule has 0 spiro atoms. The number of nitrogens with zero attached hydrogens (tertiary/aromatic N) is 2. The van der Waals surface area contributed by atoms with Crippen LogP contribution in [0, 0.1) is 6.92 Å². The normalized spacial score (nSPS) is 13.1. The number of fused-ring (bicyclic) bond motifs is 1. The van der Waals surface area contributed by atoms with Crippen LogP contribution in [-0.4, -0.2) is 15.0 Å². The summed E-state index contributed by atoms with van der Waals surface area (Å²) in [5, 5.41) is 0. The first-order chi connectivity index (χ1) is 9.65.